The van der Waals surface area contributed by atoms with Gasteiger partial charge in [-0.25, -0.2) is 0 Å². The summed E-state index contributed by atoms with van der Waals surface area (Å²) in [6.07, 6.45) is 6.13. The van der Waals surface area contributed by atoms with Gasteiger partial charge >= 0.3 is 0 Å². The second kappa shape index (κ2) is 8.89. The Kier molecular flexibility index (Phi) is 7.87. The molecule has 0 spiro atoms. The van der Waals surface area contributed by atoms with Crippen molar-refractivity contribution in [1.82, 2.24) is 5.32 Å². The van der Waals surface area contributed by atoms with E-state index in [0.29, 0.717) is 5.92 Å². The van der Waals surface area contributed by atoms with Crippen LogP contribution in [0.5, 0.6) is 0 Å². The molecule has 1 fully saturated rings. The van der Waals surface area contributed by atoms with Crippen molar-refractivity contribution >= 4 is 0 Å². The third-order valence-electron chi connectivity index (χ3n) is 3.54. The molecule has 0 radical (unpaired) electrons. The number of hydrogen-bond donors (Lipinski definition) is 1. The van der Waals surface area contributed by atoms with Gasteiger partial charge in [0.2, 0.25) is 0 Å². The summed E-state index contributed by atoms with van der Waals surface area (Å²) in [5.41, 5.74) is 0.169. The minimum Gasteiger partial charge on any atom is -0.379 e. The largest absolute Gasteiger partial charge is 0.379 e. The van der Waals surface area contributed by atoms with Gasteiger partial charge in [-0.2, -0.15) is 0 Å². The van der Waals surface area contributed by atoms with Crippen molar-refractivity contribution in [2.75, 3.05) is 32.9 Å². The summed E-state index contributed by atoms with van der Waals surface area (Å²) in [5, 5.41) is 3.46. The molecule has 0 aliphatic heterocycles. The summed E-state index contributed by atoms with van der Waals surface area (Å²) in [6, 6.07) is 0. The molecule has 0 bridgehead atoms. The lowest BCUT2D eigenvalue weighted by Crippen LogP contribution is -2.43. The number of nitrogens with one attached hydrogen (secondary N) is 1. The van der Waals surface area contributed by atoms with Gasteiger partial charge in [0.1, 0.15) is 0 Å². The van der Waals surface area contributed by atoms with Gasteiger partial charge in [-0.15, -0.1) is 0 Å². The van der Waals surface area contributed by atoms with Crippen molar-refractivity contribution in [3.05, 3.63) is 0 Å². The Bertz CT molecular complexity index is 203. The molecule has 1 rings (SSSR count). The van der Waals surface area contributed by atoms with E-state index in [2.05, 4.69) is 26.1 Å². The first-order valence-electron chi connectivity index (χ1n) is 7.61. The number of rotatable bonds is 11. The summed E-state index contributed by atoms with van der Waals surface area (Å²) in [5.74, 6) is 0.612. The topological polar surface area (TPSA) is 30.5 Å². The van der Waals surface area contributed by atoms with E-state index in [-0.39, 0.29) is 5.60 Å². The number of ether oxygens (including phenoxy) is 2. The second-order valence-electron chi connectivity index (χ2n) is 5.85. The van der Waals surface area contributed by atoms with Gasteiger partial charge in [0.05, 0.1) is 18.8 Å². The molecule has 0 aromatic rings. The molecule has 0 saturated heterocycles. The maximum Gasteiger partial charge on any atom is 0.0708 e. The van der Waals surface area contributed by atoms with Crippen LogP contribution in [0.1, 0.15) is 52.9 Å². The van der Waals surface area contributed by atoms with Crippen molar-refractivity contribution in [1.29, 1.82) is 0 Å². The zero-order chi connectivity index (χ0) is 13.3. The summed E-state index contributed by atoms with van der Waals surface area (Å²) in [6.45, 7) is 11.1. The predicted octanol–water partition coefficient (Wildman–Crippen LogP) is 2.99. The van der Waals surface area contributed by atoms with E-state index < -0.39 is 0 Å². The molecule has 1 aliphatic rings. The third-order valence-corrected chi connectivity index (χ3v) is 3.54. The molecule has 0 atom stereocenters. The predicted molar refractivity (Wildman–Crippen MR) is 76.0 cm³/mol. The average molecular weight is 257 g/mol. The lowest BCUT2D eigenvalue weighted by Gasteiger charge is -2.42. The lowest BCUT2D eigenvalue weighted by molar-refractivity contribution is -0.118. The first kappa shape index (κ1) is 15.9. The highest BCUT2D eigenvalue weighted by atomic mass is 16.5. The Morgan fingerprint density at radius 1 is 1.17 bits per heavy atom. The van der Waals surface area contributed by atoms with Crippen molar-refractivity contribution < 1.29 is 9.47 Å². The van der Waals surface area contributed by atoms with Crippen LogP contribution in [-0.4, -0.2) is 38.5 Å². The first-order valence-corrected chi connectivity index (χ1v) is 7.61. The van der Waals surface area contributed by atoms with Crippen LogP contribution in [0.2, 0.25) is 0 Å². The highest BCUT2D eigenvalue weighted by Crippen LogP contribution is 2.38. The summed E-state index contributed by atoms with van der Waals surface area (Å²) >= 11 is 0. The van der Waals surface area contributed by atoms with Crippen molar-refractivity contribution in [2.45, 2.75) is 58.5 Å². The van der Waals surface area contributed by atoms with Gasteiger partial charge in [-0.1, -0.05) is 20.8 Å². The summed E-state index contributed by atoms with van der Waals surface area (Å²) < 4.78 is 11.6. The van der Waals surface area contributed by atoms with Crippen LogP contribution >= 0.6 is 0 Å². The van der Waals surface area contributed by atoms with Crippen molar-refractivity contribution in [3.63, 3.8) is 0 Å². The van der Waals surface area contributed by atoms with Gasteiger partial charge in [-0.3, -0.25) is 0 Å². The summed E-state index contributed by atoms with van der Waals surface area (Å²) in [7, 11) is 0. The van der Waals surface area contributed by atoms with Gasteiger partial charge < -0.3 is 14.8 Å². The Morgan fingerprint density at radius 3 is 2.50 bits per heavy atom. The molecule has 0 unspecified atom stereocenters. The average Bonchev–Trinajstić information content (AvgIpc) is 2.29. The SMILES string of the molecule is CCCNCCC1(OCCOCC(C)C)CCC1. The first-order chi connectivity index (χ1) is 8.68. The molecule has 0 aromatic heterocycles. The molecular weight excluding hydrogens is 226 g/mol. The molecule has 108 valence electrons. The van der Waals surface area contributed by atoms with Crippen molar-refractivity contribution in [2.24, 2.45) is 5.92 Å². The van der Waals surface area contributed by atoms with E-state index in [4.69, 9.17) is 9.47 Å². The minimum absolute atomic E-state index is 0.169. The highest BCUT2D eigenvalue weighted by molar-refractivity contribution is 4.90. The van der Waals surface area contributed by atoms with Gasteiger partial charge in [0.15, 0.2) is 0 Å². The second-order valence-corrected chi connectivity index (χ2v) is 5.85. The van der Waals surface area contributed by atoms with Crippen molar-refractivity contribution in [3.8, 4) is 0 Å². The Hall–Kier alpha value is -0.120. The Balaban J connectivity index is 2.04. The van der Waals surface area contributed by atoms with E-state index in [0.717, 1.165) is 39.3 Å². The molecule has 0 heterocycles. The van der Waals surface area contributed by atoms with Crippen LogP contribution < -0.4 is 5.32 Å². The van der Waals surface area contributed by atoms with Crippen LogP contribution in [0.15, 0.2) is 0 Å². The lowest BCUT2D eigenvalue weighted by atomic mass is 9.77. The Morgan fingerprint density at radius 2 is 1.94 bits per heavy atom. The molecule has 3 nitrogen and oxygen atoms in total. The smallest absolute Gasteiger partial charge is 0.0708 e. The highest BCUT2D eigenvalue weighted by Gasteiger charge is 2.37. The molecule has 1 N–H and O–H groups in total. The summed E-state index contributed by atoms with van der Waals surface area (Å²) in [4.78, 5) is 0. The van der Waals surface area contributed by atoms with E-state index in [1.807, 2.05) is 0 Å². The zero-order valence-electron chi connectivity index (χ0n) is 12.5. The fourth-order valence-electron chi connectivity index (χ4n) is 2.29. The molecule has 1 aliphatic carbocycles. The fraction of sp³-hybridized carbons (Fsp3) is 1.00. The molecule has 1 saturated carbocycles. The van der Waals surface area contributed by atoms with Gasteiger partial charge in [0, 0.05) is 6.61 Å². The maximum atomic E-state index is 6.06. The quantitative estimate of drug-likeness (QED) is 0.577. The van der Waals surface area contributed by atoms with Crippen LogP contribution in [-0.2, 0) is 9.47 Å². The third kappa shape index (κ3) is 6.17. The Labute approximate surface area is 113 Å². The number of hydrogen-bond acceptors (Lipinski definition) is 3. The molecule has 3 heteroatoms. The normalized spacial score (nSPS) is 18.0. The van der Waals surface area contributed by atoms with Gasteiger partial charge in [0.25, 0.3) is 0 Å². The van der Waals surface area contributed by atoms with Crippen LogP contribution in [0.3, 0.4) is 0 Å². The molecule has 0 aromatic carbocycles. The fourth-order valence-corrected chi connectivity index (χ4v) is 2.29. The molecule has 0 amide bonds. The minimum atomic E-state index is 0.169. The van der Waals surface area contributed by atoms with Gasteiger partial charge in [-0.05, 0) is 51.1 Å². The maximum absolute atomic E-state index is 6.06. The van der Waals surface area contributed by atoms with E-state index in [1.165, 1.54) is 25.7 Å². The standard InChI is InChI=1S/C15H31NO2/c1-4-9-16-10-8-15(6-5-7-15)18-12-11-17-13-14(2)3/h14,16H,4-13H2,1-3H3. The van der Waals surface area contributed by atoms with E-state index >= 15 is 0 Å². The molecule has 18 heavy (non-hydrogen) atoms. The van der Waals surface area contributed by atoms with E-state index in [1.54, 1.807) is 0 Å². The van der Waals surface area contributed by atoms with Crippen LogP contribution in [0.4, 0.5) is 0 Å². The monoisotopic (exact) mass is 257 g/mol. The molecular formula is C15H31NO2. The van der Waals surface area contributed by atoms with Crippen LogP contribution in [0, 0.1) is 5.92 Å². The van der Waals surface area contributed by atoms with Crippen LogP contribution in [0.25, 0.3) is 0 Å². The zero-order valence-corrected chi connectivity index (χ0v) is 12.5. The van der Waals surface area contributed by atoms with E-state index in [9.17, 15) is 0 Å².